The summed E-state index contributed by atoms with van der Waals surface area (Å²) in [5, 5.41) is 12.5. The van der Waals surface area contributed by atoms with E-state index in [2.05, 4.69) is 17.1 Å². The molecule has 17 heavy (non-hydrogen) atoms. The SMILES string of the molecule is CCCNC(=O)C1CCN(CC(O)CC)CC1. The molecule has 0 aromatic heterocycles. The molecular formula is C13H26N2O2. The summed E-state index contributed by atoms with van der Waals surface area (Å²) in [5.74, 6) is 0.388. The predicted octanol–water partition coefficient (Wildman–Crippen LogP) is 0.995. The lowest BCUT2D eigenvalue weighted by molar-refractivity contribution is -0.126. The van der Waals surface area contributed by atoms with Crippen molar-refractivity contribution >= 4 is 5.91 Å². The highest BCUT2D eigenvalue weighted by Gasteiger charge is 2.25. The number of nitrogens with one attached hydrogen (secondary N) is 1. The highest BCUT2D eigenvalue weighted by Crippen LogP contribution is 2.17. The van der Waals surface area contributed by atoms with E-state index in [1.165, 1.54) is 0 Å². The first-order valence-corrected chi connectivity index (χ1v) is 6.85. The zero-order valence-corrected chi connectivity index (χ0v) is 11.1. The van der Waals surface area contributed by atoms with E-state index in [1.54, 1.807) is 0 Å². The summed E-state index contributed by atoms with van der Waals surface area (Å²) in [4.78, 5) is 14.0. The van der Waals surface area contributed by atoms with Crippen LogP contribution in [0, 0.1) is 5.92 Å². The molecule has 1 unspecified atom stereocenters. The van der Waals surface area contributed by atoms with Gasteiger partial charge in [0.05, 0.1) is 6.10 Å². The van der Waals surface area contributed by atoms with E-state index in [0.29, 0.717) is 0 Å². The maximum atomic E-state index is 11.8. The minimum atomic E-state index is -0.222. The molecule has 0 radical (unpaired) electrons. The summed E-state index contributed by atoms with van der Waals surface area (Å²) in [6.45, 7) is 7.46. The summed E-state index contributed by atoms with van der Waals surface area (Å²) in [7, 11) is 0. The van der Waals surface area contributed by atoms with Crippen molar-refractivity contribution in [3.63, 3.8) is 0 Å². The monoisotopic (exact) mass is 242 g/mol. The Labute approximate surface area is 104 Å². The lowest BCUT2D eigenvalue weighted by atomic mass is 9.95. The molecule has 100 valence electrons. The van der Waals surface area contributed by atoms with Gasteiger partial charge in [-0.1, -0.05) is 13.8 Å². The van der Waals surface area contributed by atoms with Gasteiger partial charge in [-0.2, -0.15) is 0 Å². The quantitative estimate of drug-likeness (QED) is 0.730. The van der Waals surface area contributed by atoms with Crippen molar-refractivity contribution in [2.45, 2.75) is 45.6 Å². The van der Waals surface area contributed by atoms with Crippen LogP contribution in [0.3, 0.4) is 0 Å². The maximum Gasteiger partial charge on any atom is 0.223 e. The van der Waals surface area contributed by atoms with Gasteiger partial charge in [-0.3, -0.25) is 4.79 Å². The number of amides is 1. The molecule has 1 fully saturated rings. The van der Waals surface area contributed by atoms with Crippen LogP contribution in [0.1, 0.15) is 39.5 Å². The number of nitrogens with zero attached hydrogens (tertiary/aromatic N) is 1. The van der Waals surface area contributed by atoms with Crippen molar-refractivity contribution < 1.29 is 9.90 Å². The fourth-order valence-electron chi connectivity index (χ4n) is 2.20. The molecule has 2 N–H and O–H groups in total. The van der Waals surface area contributed by atoms with E-state index in [4.69, 9.17) is 0 Å². The molecule has 0 aliphatic carbocycles. The molecule has 0 spiro atoms. The fourth-order valence-corrected chi connectivity index (χ4v) is 2.20. The van der Waals surface area contributed by atoms with Crippen LogP contribution in [-0.2, 0) is 4.79 Å². The van der Waals surface area contributed by atoms with Gasteiger partial charge in [-0.25, -0.2) is 0 Å². The number of piperidine rings is 1. The van der Waals surface area contributed by atoms with E-state index < -0.39 is 0 Å². The van der Waals surface area contributed by atoms with Crippen LogP contribution in [0.5, 0.6) is 0 Å². The minimum Gasteiger partial charge on any atom is -0.392 e. The fraction of sp³-hybridized carbons (Fsp3) is 0.923. The third kappa shape index (κ3) is 5.04. The molecule has 1 aliphatic heterocycles. The second kappa shape index (κ2) is 7.67. The number of hydrogen-bond donors (Lipinski definition) is 2. The van der Waals surface area contributed by atoms with Gasteiger partial charge in [-0.05, 0) is 38.8 Å². The molecule has 0 aromatic rings. The van der Waals surface area contributed by atoms with Crippen molar-refractivity contribution in [1.82, 2.24) is 10.2 Å². The Morgan fingerprint density at radius 1 is 1.41 bits per heavy atom. The van der Waals surface area contributed by atoms with Gasteiger partial charge in [0, 0.05) is 19.0 Å². The van der Waals surface area contributed by atoms with Crippen LogP contribution in [0.25, 0.3) is 0 Å². The second-order valence-electron chi connectivity index (χ2n) is 4.93. The van der Waals surface area contributed by atoms with Crippen LogP contribution in [0.4, 0.5) is 0 Å². The third-order valence-electron chi connectivity index (χ3n) is 3.45. The van der Waals surface area contributed by atoms with Crippen molar-refractivity contribution in [2.75, 3.05) is 26.2 Å². The molecule has 0 saturated carbocycles. The summed E-state index contributed by atoms with van der Waals surface area (Å²) >= 11 is 0. The molecule has 1 amide bonds. The largest absolute Gasteiger partial charge is 0.392 e. The number of carbonyl (C=O) groups is 1. The smallest absolute Gasteiger partial charge is 0.223 e. The molecule has 1 aliphatic rings. The Hall–Kier alpha value is -0.610. The number of aliphatic hydroxyl groups excluding tert-OH is 1. The van der Waals surface area contributed by atoms with Crippen LogP contribution in [0.2, 0.25) is 0 Å². The van der Waals surface area contributed by atoms with Gasteiger partial charge in [0.25, 0.3) is 0 Å². The van der Waals surface area contributed by atoms with Crippen molar-refractivity contribution in [3.05, 3.63) is 0 Å². The first kappa shape index (κ1) is 14.5. The topological polar surface area (TPSA) is 52.6 Å². The molecular weight excluding hydrogens is 216 g/mol. The first-order valence-electron chi connectivity index (χ1n) is 6.85. The molecule has 1 saturated heterocycles. The van der Waals surface area contributed by atoms with Crippen molar-refractivity contribution in [2.24, 2.45) is 5.92 Å². The molecule has 1 rings (SSSR count). The van der Waals surface area contributed by atoms with E-state index in [-0.39, 0.29) is 17.9 Å². The van der Waals surface area contributed by atoms with Gasteiger partial charge in [-0.15, -0.1) is 0 Å². The normalized spacial score (nSPS) is 20.2. The Morgan fingerprint density at radius 2 is 2.06 bits per heavy atom. The zero-order chi connectivity index (χ0) is 12.7. The van der Waals surface area contributed by atoms with Gasteiger partial charge >= 0.3 is 0 Å². The average Bonchev–Trinajstić information content (AvgIpc) is 2.36. The Morgan fingerprint density at radius 3 is 2.59 bits per heavy atom. The number of carbonyl (C=O) groups excluding carboxylic acids is 1. The van der Waals surface area contributed by atoms with Gasteiger partial charge in [0.2, 0.25) is 5.91 Å². The van der Waals surface area contributed by atoms with Gasteiger partial charge in [0.15, 0.2) is 0 Å². The summed E-state index contributed by atoms with van der Waals surface area (Å²) in [6, 6.07) is 0. The van der Waals surface area contributed by atoms with Gasteiger partial charge < -0.3 is 15.3 Å². The summed E-state index contributed by atoms with van der Waals surface area (Å²) < 4.78 is 0. The van der Waals surface area contributed by atoms with Crippen molar-refractivity contribution in [1.29, 1.82) is 0 Å². The predicted molar refractivity (Wildman–Crippen MR) is 68.8 cm³/mol. The minimum absolute atomic E-state index is 0.177. The van der Waals surface area contributed by atoms with E-state index in [9.17, 15) is 9.90 Å². The van der Waals surface area contributed by atoms with Gasteiger partial charge in [0.1, 0.15) is 0 Å². The molecule has 0 aromatic carbocycles. The van der Waals surface area contributed by atoms with Crippen LogP contribution < -0.4 is 5.32 Å². The molecule has 1 heterocycles. The lowest BCUT2D eigenvalue weighted by Crippen LogP contribution is -2.43. The van der Waals surface area contributed by atoms with Crippen molar-refractivity contribution in [3.8, 4) is 0 Å². The number of likely N-dealkylation sites (tertiary alicyclic amines) is 1. The Balaban J connectivity index is 2.23. The Bertz CT molecular complexity index is 225. The first-order chi connectivity index (χ1) is 8.17. The molecule has 1 atom stereocenters. The van der Waals surface area contributed by atoms with E-state index >= 15 is 0 Å². The third-order valence-corrected chi connectivity index (χ3v) is 3.45. The second-order valence-corrected chi connectivity index (χ2v) is 4.93. The number of rotatable bonds is 6. The lowest BCUT2D eigenvalue weighted by Gasteiger charge is -2.32. The summed E-state index contributed by atoms with van der Waals surface area (Å²) in [5.41, 5.74) is 0. The van der Waals surface area contributed by atoms with Crippen LogP contribution in [-0.4, -0.2) is 48.2 Å². The van der Waals surface area contributed by atoms with E-state index in [1.807, 2.05) is 6.92 Å². The standard InChI is InChI=1S/C13H26N2O2/c1-3-7-14-13(17)11-5-8-15(9-6-11)10-12(16)4-2/h11-12,16H,3-10H2,1-2H3,(H,14,17). The molecule has 0 bridgehead atoms. The highest BCUT2D eigenvalue weighted by atomic mass is 16.3. The number of hydrogen-bond acceptors (Lipinski definition) is 3. The van der Waals surface area contributed by atoms with Crippen LogP contribution in [0.15, 0.2) is 0 Å². The average molecular weight is 242 g/mol. The zero-order valence-electron chi connectivity index (χ0n) is 11.1. The molecule has 4 heteroatoms. The number of β-amino-alcohol motifs (C(OH)–C–C–N with tert-alkyl or cyclic N) is 1. The molecule has 4 nitrogen and oxygen atoms in total. The maximum absolute atomic E-state index is 11.8. The number of aliphatic hydroxyl groups is 1. The summed E-state index contributed by atoms with van der Waals surface area (Å²) in [6.07, 6.45) is 3.42. The van der Waals surface area contributed by atoms with Crippen LogP contribution >= 0.6 is 0 Å². The Kier molecular flexibility index (Phi) is 6.52. The van der Waals surface area contributed by atoms with E-state index in [0.717, 1.165) is 51.9 Å². The highest BCUT2D eigenvalue weighted by molar-refractivity contribution is 5.78.